The van der Waals surface area contributed by atoms with Crippen molar-refractivity contribution in [3.05, 3.63) is 0 Å². The summed E-state index contributed by atoms with van der Waals surface area (Å²) in [7, 11) is 1.61. The molecular formula is C12H25NO5. The molecule has 0 aromatic carbocycles. The number of hydrogen-bond acceptors (Lipinski definition) is 5. The first-order chi connectivity index (χ1) is 8.81. The summed E-state index contributed by atoms with van der Waals surface area (Å²) in [5.74, 6) is -0.0152. The Bertz CT molecular complexity index is 189. The second kappa shape index (κ2) is 14.4. The van der Waals surface area contributed by atoms with Crippen molar-refractivity contribution in [2.45, 2.75) is 13.3 Å². The number of ether oxygens (including phenoxy) is 4. The third-order valence-electron chi connectivity index (χ3n) is 2.07. The molecule has 6 heteroatoms. The van der Waals surface area contributed by atoms with Crippen LogP contribution in [0.5, 0.6) is 0 Å². The van der Waals surface area contributed by atoms with Gasteiger partial charge in [-0.05, 0) is 6.92 Å². The Hall–Kier alpha value is -0.690. The van der Waals surface area contributed by atoms with Crippen molar-refractivity contribution in [1.29, 1.82) is 0 Å². The summed E-state index contributed by atoms with van der Waals surface area (Å²) in [6.45, 7) is 6.43. The van der Waals surface area contributed by atoms with E-state index in [4.69, 9.17) is 18.9 Å². The van der Waals surface area contributed by atoms with Crippen LogP contribution in [0.1, 0.15) is 13.3 Å². The topological polar surface area (TPSA) is 66.0 Å². The second-order valence-electron chi connectivity index (χ2n) is 3.46. The van der Waals surface area contributed by atoms with Crippen LogP contribution in [0.2, 0.25) is 0 Å². The monoisotopic (exact) mass is 263 g/mol. The molecule has 0 atom stereocenters. The lowest BCUT2D eigenvalue weighted by Gasteiger charge is -2.06. The number of rotatable bonds is 13. The van der Waals surface area contributed by atoms with Gasteiger partial charge >= 0.3 is 0 Å². The summed E-state index contributed by atoms with van der Waals surface area (Å²) in [4.78, 5) is 10.8. The minimum Gasteiger partial charge on any atom is -0.379 e. The van der Waals surface area contributed by atoms with Crippen LogP contribution in [0, 0.1) is 0 Å². The van der Waals surface area contributed by atoms with E-state index in [-0.39, 0.29) is 5.91 Å². The molecule has 0 aliphatic rings. The molecule has 0 aromatic rings. The fourth-order valence-corrected chi connectivity index (χ4v) is 1.09. The van der Waals surface area contributed by atoms with E-state index in [1.54, 1.807) is 7.05 Å². The minimum absolute atomic E-state index is 0.0152. The van der Waals surface area contributed by atoms with Gasteiger partial charge in [-0.25, -0.2) is 0 Å². The molecule has 0 aliphatic heterocycles. The van der Waals surface area contributed by atoms with Gasteiger partial charge < -0.3 is 24.3 Å². The molecular weight excluding hydrogens is 238 g/mol. The molecule has 0 saturated carbocycles. The van der Waals surface area contributed by atoms with Crippen LogP contribution in [-0.4, -0.2) is 65.8 Å². The van der Waals surface area contributed by atoms with Crippen molar-refractivity contribution >= 4 is 5.91 Å². The Morgan fingerprint density at radius 3 is 1.72 bits per heavy atom. The molecule has 0 radical (unpaired) electrons. The Labute approximate surface area is 109 Å². The van der Waals surface area contributed by atoms with Crippen molar-refractivity contribution < 1.29 is 23.7 Å². The van der Waals surface area contributed by atoms with Crippen LogP contribution in [0.4, 0.5) is 0 Å². The van der Waals surface area contributed by atoms with E-state index in [0.717, 1.165) is 0 Å². The maximum atomic E-state index is 10.8. The van der Waals surface area contributed by atoms with Gasteiger partial charge in [0.15, 0.2) is 0 Å². The molecule has 1 amide bonds. The first kappa shape index (κ1) is 17.3. The van der Waals surface area contributed by atoms with Crippen LogP contribution in [0.25, 0.3) is 0 Å². The van der Waals surface area contributed by atoms with E-state index >= 15 is 0 Å². The van der Waals surface area contributed by atoms with Crippen molar-refractivity contribution in [3.63, 3.8) is 0 Å². The molecule has 0 fully saturated rings. The molecule has 18 heavy (non-hydrogen) atoms. The van der Waals surface area contributed by atoms with Gasteiger partial charge in [-0.15, -0.1) is 0 Å². The fraction of sp³-hybridized carbons (Fsp3) is 0.917. The summed E-state index contributed by atoms with van der Waals surface area (Å²) in [5, 5.41) is 2.53. The average molecular weight is 263 g/mol. The van der Waals surface area contributed by atoms with Gasteiger partial charge in [0.1, 0.15) is 0 Å². The Morgan fingerprint density at radius 2 is 1.28 bits per heavy atom. The molecule has 0 saturated heterocycles. The van der Waals surface area contributed by atoms with Crippen LogP contribution in [0.3, 0.4) is 0 Å². The summed E-state index contributed by atoms with van der Waals surface area (Å²) in [6, 6.07) is 0. The van der Waals surface area contributed by atoms with Gasteiger partial charge in [-0.2, -0.15) is 0 Å². The predicted molar refractivity (Wildman–Crippen MR) is 67.6 cm³/mol. The van der Waals surface area contributed by atoms with Crippen LogP contribution < -0.4 is 5.32 Å². The normalized spacial score (nSPS) is 10.6. The smallest absolute Gasteiger partial charge is 0.222 e. The zero-order chi connectivity index (χ0) is 13.5. The lowest BCUT2D eigenvalue weighted by Crippen LogP contribution is -2.20. The van der Waals surface area contributed by atoms with Gasteiger partial charge in [-0.1, -0.05) is 0 Å². The molecule has 108 valence electrons. The SMILES string of the molecule is CCOCCOCCOCCOCCC(=O)NC. The van der Waals surface area contributed by atoms with Crippen LogP contribution in [-0.2, 0) is 23.7 Å². The highest BCUT2D eigenvalue weighted by Crippen LogP contribution is 1.85. The zero-order valence-electron chi connectivity index (χ0n) is 11.4. The van der Waals surface area contributed by atoms with E-state index in [9.17, 15) is 4.79 Å². The van der Waals surface area contributed by atoms with Gasteiger partial charge in [0.2, 0.25) is 5.91 Å². The molecule has 0 bridgehead atoms. The molecule has 0 unspecified atom stereocenters. The highest BCUT2D eigenvalue weighted by atomic mass is 16.6. The minimum atomic E-state index is -0.0152. The van der Waals surface area contributed by atoms with Crippen LogP contribution >= 0.6 is 0 Å². The van der Waals surface area contributed by atoms with Gasteiger partial charge in [0, 0.05) is 20.1 Å². The summed E-state index contributed by atoms with van der Waals surface area (Å²) in [5.41, 5.74) is 0. The Kier molecular flexibility index (Phi) is 13.8. The van der Waals surface area contributed by atoms with Crippen LogP contribution in [0.15, 0.2) is 0 Å². The summed E-state index contributed by atoms with van der Waals surface area (Å²) in [6.07, 6.45) is 0.386. The molecule has 0 heterocycles. The van der Waals surface area contributed by atoms with E-state index in [1.807, 2.05) is 6.92 Å². The van der Waals surface area contributed by atoms with E-state index < -0.39 is 0 Å². The van der Waals surface area contributed by atoms with Gasteiger partial charge in [0.25, 0.3) is 0 Å². The lowest BCUT2D eigenvalue weighted by atomic mass is 10.4. The maximum absolute atomic E-state index is 10.8. The first-order valence-electron chi connectivity index (χ1n) is 6.32. The Balaban J connectivity index is 2.97. The number of carbonyl (C=O) groups is 1. The van der Waals surface area contributed by atoms with Crippen molar-refractivity contribution in [2.24, 2.45) is 0 Å². The number of hydrogen-bond donors (Lipinski definition) is 1. The largest absolute Gasteiger partial charge is 0.379 e. The Morgan fingerprint density at radius 1 is 0.833 bits per heavy atom. The summed E-state index contributed by atoms with van der Waals surface area (Å²) < 4.78 is 20.9. The quantitative estimate of drug-likeness (QED) is 0.481. The molecule has 0 aliphatic carbocycles. The number of nitrogens with one attached hydrogen (secondary N) is 1. The molecule has 0 spiro atoms. The standard InChI is InChI=1S/C12H25NO5/c1-3-15-6-7-17-10-11-18-9-8-16-5-4-12(14)13-2/h3-11H2,1-2H3,(H,13,14). The predicted octanol–water partition coefficient (Wildman–Crippen LogP) is 0.209. The third kappa shape index (κ3) is 13.4. The zero-order valence-corrected chi connectivity index (χ0v) is 11.4. The van der Waals surface area contributed by atoms with Crippen molar-refractivity contribution in [1.82, 2.24) is 5.32 Å². The first-order valence-corrected chi connectivity index (χ1v) is 6.32. The van der Waals surface area contributed by atoms with E-state index in [0.29, 0.717) is 59.3 Å². The highest BCUT2D eigenvalue weighted by Gasteiger charge is 1.97. The van der Waals surface area contributed by atoms with E-state index in [1.165, 1.54) is 0 Å². The van der Waals surface area contributed by atoms with E-state index in [2.05, 4.69) is 5.32 Å². The number of amides is 1. The van der Waals surface area contributed by atoms with Gasteiger partial charge in [-0.3, -0.25) is 4.79 Å². The molecule has 6 nitrogen and oxygen atoms in total. The molecule has 0 rings (SSSR count). The van der Waals surface area contributed by atoms with Crippen molar-refractivity contribution in [3.8, 4) is 0 Å². The molecule has 1 N–H and O–H groups in total. The third-order valence-corrected chi connectivity index (χ3v) is 2.07. The number of carbonyl (C=O) groups excluding carboxylic acids is 1. The lowest BCUT2D eigenvalue weighted by molar-refractivity contribution is -0.121. The molecule has 0 aromatic heterocycles. The maximum Gasteiger partial charge on any atom is 0.222 e. The van der Waals surface area contributed by atoms with Gasteiger partial charge in [0.05, 0.1) is 46.2 Å². The van der Waals surface area contributed by atoms with Crippen molar-refractivity contribution in [2.75, 3.05) is 59.9 Å². The highest BCUT2D eigenvalue weighted by molar-refractivity contribution is 5.75. The fourth-order valence-electron chi connectivity index (χ4n) is 1.09. The second-order valence-corrected chi connectivity index (χ2v) is 3.46. The summed E-state index contributed by atoms with van der Waals surface area (Å²) >= 11 is 0. The average Bonchev–Trinajstić information content (AvgIpc) is 2.39.